The molecule has 30 heavy (non-hydrogen) atoms. The first-order valence-corrected chi connectivity index (χ1v) is 10.3. The van der Waals surface area contributed by atoms with Gasteiger partial charge in [0.15, 0.2) is 0 Å². The van der Waals surface area contributed by atoms with Crippen LogP contribution in [0.25, 0.3) is 0 Å². The number of hydrogen-bond acceptors (Lipinski definition) is 4. The lowest BCUT2D eigenvalue weighted by atomic mass is 10.1. The molecule has 0 unspecified atom stereocenters. The lowest BCUT2D eigenvalue weighted by molar-refractivity contribution is -0.120. The Kier molecular flexibility index (Phi) is 8.23. The van der Waals surface area contributed by atoms with Crippen molar-refractivity contribution in [1.29, 1.82) is 0 Å². The zero-order chi connectivity index (χ0) is 21.2. The number of carbonyl (C=O) groups is 2. The molecule has 2 aromatic rings. The summed E-state index contributed by atoms with van der Waals surface area (Å²) in [6, 6.07) is 15.8. The minimum absolute atomic E-state index is 0.0623. The van der Waals surface area contributed by atoms with Gasteiger partial charge in [0.2, 0.25) is 5.91 Å². The molecule has 1 aliphatic rings. The fraction of sp³-hybridized carbons (Fsp3) is 0.391. The van der Waals surface area contributed by atoms with Crippen LogP contribution in [0.4, 0.5) is 4.79 Å². The van der Waals surface area contributed by atoms with Crippen molar-refractivity contribution >= 4 is 11.9 Å². The van der Waals surface area contributed by atoms with Crippen molar-refractivity contribution in [1.82, 2.24) is 20.9 Å². The van der Waals surface area contributed by atoms with E-state index in [0.29, 0.717) is 13.1 Å². The van der Waals surface area contributed by atoms with Crippen LogP contribution in [-0.2, 0) is 29.2 Å². The van der Waals surface area contributed by atoms with Crippen LogP contribution >= 0.6 is 0 Å². The van der Waals surface area contributed by atoms with Gasteiger partial charge in [0, 0.05) is 32.7 Å². The van der Waals surface area contributed by atoms with E-state index in [-0.39, 0.29) is 18.5 Å². The topological polar surface area (TPSA) is 82.7 Å². The van der Waals surface area contributed by atoms with Gasteiger partial charge in [0.25, 0.3) is 0 Å². The van der Waals surface area contributed by atoms with Crippen molar-refractivity contribution in [2.75, 3.05) is 32.8 Å². The van der Waals surface area contributed by atoms with Crippen LogP contribution in [0.15, 0.2) is 48.5 Å². The normalized spacial score (nSPS) is 14.2. The number of benzene rings is 2. The molecule has 1 aliphatic heterocycles. The Labute approximate surface area is 177 Å². The maximum Gasteiger partial charge on any atom is 0.315 e. The van der Waals surface area contributed by atoms with E-state index in [0.717, 1.165) is 44.0 Å². The van der Waals surface area contributed by atoms with Gasteiger partial charge in [-0.1, -0.05) is 54.1 Å². The Morgan fingerprint density at radius 2 is 1.60 bits per heavy atom. The number of rotatable bonds is 8. The summed E-state index contributed by atoms with van der Waals surface area (Å²) >= 11 is 0. The summed E-state index contributed by atoms with van der Waals surface area (Å²) in [6.45, 7) is 7.13. The van der Waals surface area contributed by atoms with E-state index >= 15 is 0 Å². The first kappa shape index (κ1) is 21.8. The molecule has 0 atom stereocenters. The summed E-state index contributed by atoms with van der Waals surface area (Å²) < 4.78 is 5.38. The minimum atomic E-state index is -0.363. The molecule has 160 valence electrons. The molecular weight excluding hydrogens is 380 g/mol. The Hall–Kier alpha value is -2.90. The van der Waals surface area contributed by atoms with Crippen molar-refractivity contribution in [3.05, 3.63) is 70.8 Å². The summed E-state index contributed by atoms with van der Waals surface area (Å²) in [5.74, 6) is -0.223. The van der Waals surface area contributed by atoms with Gasteiger partial charge in [-0.15, -0.1) is 0 Å². The van der Waals surface area contributed by atoms with E-state index in [1.807, 2.05) is 43.3 Å². The van der Waals surface area contributed by atoms with Crippen LogP contribution < -0.4 is 16.0 Å². The fourth-order valence-electron chi connectivity index (χ4n) is 3.23. The van der Waals surface area contributed by atoms with Gasteiger partial charge >= 0.3 is 6.03 Å². The predicted octanol–water partition coefficient (Wildman–Crippen LogP) is 1.94. The molecule has 0 spiro atoms. The highest BCUT2D eigenvalue weighted by molar-refractivity contribution is 5.83. The van der Waals surface area contributed by atoms with E-state index in [4.69, 9.17) is 4.74 Å². The van der Waals surface area contributed by atoms with Crippen molar-refractivity contribution in [3.63, 3.8) is 0 Å². The minimum Gasteiger partial charge on any atom is -0.379 e. The van der Waals surface area contributed by atoms with Crippen LogP contribution in [0, 0.1) is 6.92 Å². The highest BCUT2D eigenvalue weighted by Crippen LogP contribution is 2.10. The summed E-state index contributed by atoms with van der Waals surface area (Å²) in [7, 11) is 0. The van der Waals surface area contributed by atoms with Gasteiger partial charge in [-0.05, 0) is 23.6 Å². The third kappa shape index (κ3) is 7.50. The number of amides is 3. The van der Waals surface area contributed by atoms with Crippen LogP contribution in [0.2, 0.25) is 0 Å². The average Bonchev–Trinajstić information content (AvgIpc) is 2.77. The highest BCUT2D eigenvalue weighted by Gasteiger charge is 2.11. The molecule has 3 N–H and O–H groups in total. The number of hydrogen-bond donors (Lipinski definition) is 3. The van der Waals surface area contributed by atoms with E-state index in [1.165, 1.54) is 11.1 Å². The van der Waals surface area contributed by atoms with Crippen LogP contribution in [0.5, 0.6) is 0 Å². The lowest BCUT2D eigenvalue weighted by Gasteiger charge is -2.26. The molecule has 1 saturated heterocycles. The maximum atomic E-state index is 12.1. The Morgan fingerprint density at radius 1 is 0.900 bits per heavy atom. The smallest absolute Gasteiger partial charge is 0.315 e. The number of aryl methyl sites for hydroxylation is 1. The van der Waals surface area contributed by atoms with Crippen molar-refractivity contribution < 1.29 is 14.3 Å². The molecule has 2 aromatic carbocycles. The van der Waals surface area contributed by atoms with Crippen molar-refractivity contribution in [3.8, 4) is 0 Å². The first-order chi connectivity index (χ1) is 14.6. The highest BCUT2D eigenvalue weighted by atomic mass is 16.5. The van der Waals surface area contributed by atoms with E-state index in [1.54, 1.807) is 0 Å². The fourth-order valence-corrected chi connectivity index (χ4v) is 3.23. The Morgan fingerprint density at radius 3 is 2.37 bits per heavy atom. The molecule has 0 saturated carbocycles. The Bertz CT molecular complexity index is 833. The lowest BCUT2D eigenvalue weighted by Crippen LogP contribution is -2.41. The molecular formula is C23H30N4O3. The largest absolute Gasteiger partial charge is 0.379 e. The first-order valence-electron chi connectivity index (χ1n) is 10.3. The predicted molar refractivity (Wildman–Crippen MR) is 116 cm³/mol. The van der Waals surface area contributed by atoms with E-state index in [9.17, 15) is 9.59 Å². The standard InChI is InChI=1S/C23H30N4O3/c1-18-5-7-19(8-6-18)14-25-23(29)26-16-22(28)24-15-20-3-2-4-21(13-20)17-27-9-11-30-12-10-27/h2-8,13H,9-12,14-17H2,1H3,(H,24,28)(H2,25,26,29). The van der Waals surface area contributed by atoms with Crippen molar-refractivity contribution in [2.45, 2.75) is 26.6 Å². The zero-order valence-electron chi connectivity index (χ0n) is 17.4. The van der Waals surface area contributed by atoms with E-state index in [2.05, 4.69) is 33.0 Å². The van der Waals surface area contributed by atoms with Gasteiger partial charge < -0.3 is 20.7 Å². The third-order valence-corrected chi connectivity index (χ3v) is 4.97. The second kappa shape index (κ2) is 11.3. The van der Waals surface area contributed by atoms with Gasteiger partial charge in [0.05, 0.1) is 19.8 Å². The van der Waals surface area contributed by atoms with Crippen LogP contribution in [-0.4, -0.2) is 49.7 Å². The second-order valence-corrected chi connectivity index (χ2v) is 7.51. The van der Waals surface area contributed by atoms with Crippen LogP contribution in [0.3, 0.4) is 0 Å². The molecule has 3 amide bonds. The zero-order valence-corrected chi connectivity index (χ0v) is 17.4. The number of morpholine rings is 1. The number of carbonyl (C=O) groups excluding carboxylic acids is 2. The summed E-state index contributed by atoms with van der Waals surface area (Å²) in [6.07, 6.45) is 0. The van der Waals surface area contributed by atoms with E-state index < -0.39 is 0 Å². The number of nitrogens with zero attached hydrogens (tertiary/aromatic N) is 1. The summed E-state index contributed by atoms with van der Waals surface area (Å²) in [5.41, 5.74) is 4.44. The molecule has 0 aliphatic carbocycles. The molecule has 3 rings (SSSR count). The quantitative estimate of drug-likeness (QED) is 0.621. The summed E-state index contributed by atoms with van der Waals surface area (Å²) in [5, 5.41) is 8.19. The van der Waals surface area contributed by atoms with Crippen molar-refractivity contribution in [2.24, 2.45) is 0 Å². The Balaban J connectivity index is 1.35. The molecule has 0 aromatic heterocycles. The number of nitrogens with one attached hydrogen (secondary N) is 3. The maximum absolute atomic E-state index is 12.1. The molecule has 0 bridgehead atoms. The van der Waals surface area contributed by atoms with Crippen LogP contribution in [0.1, 0.15) is 22.3 Å². The molecule has 7 heteroatoms. The molecule has 1 heterocycles. The molecule has 1 fully saturated rings. The SMILES string of the molecule is Cc1ccc(CNC(=O)NCC(=O)NCc2cccc(CN3CCOCC3)c2)cc1. The monoisotopic (exact) mass is 410 g/mol. The van der Waals surface area contributed by atoms with Gasteiger partial charge in [-0.25, -0.2) is 4.79 Å². The van der Waals surface area contributed by atoms with Gasteiger partial charge in [0.1, 0.15) is 0 Å². The molecule has 0 radical (unpaired) electrons. The average molecular weight is 411 g/mol. The summed E-state index contributed by atoms with van der Waals surface area (Å²) in [4.78, 5) is 26.3. The van der Waals surface area contributed by atoms with Gasteiger partial charge in [-0.2, -0.15) is 0 Å². The number of ether oxygens (including phenoxy) is 1. The third-order valence-electron chi connectivity index (χ3n) is 4.97. The number of urea groups is 1. The molecule has 7 nitrogen and oxygen atoms in total. The second-order valence-electron chi connectivity index (χ2n) is 7.51. The van der Waals surface area contributed by atoms with Gasteiger partial charge in [-0.3, -0.25) is 9.69 Å².